The van der Waals surface area contributed by atoms with Crippen LogP contribution in [0.15, 0.2) is 6.07 Å². The highest BCUT2D eigenvalue weighted by molar-refractivity contribution is 7.80. The first kappa shape index (κ1) is 16.7. The van der Waals surface area contributed by atoms with Gasteiger partial charge in [0.15, 0.2) is 17.4 Å². The van der Waals surface area contributed by atoms with Gasteiger partial charge in [0, 0.05) is 11.5 Å². The van der Waals surface area contributed by atoms with Gasteiger partial charge in [0.1, 0.15) is 0 Å². The first-order valence-electron chi connectivity index (χ1n) is 5.92. The van der Waals surface area contributed by atoms with E-state index >= 15 is 0 Å². The summed E-state index contributed by atoms with van der Waals surface area (Å²) in [7, 11) is 0. The maximum absolute atomic E-state index is 13.3. The summed E-state index contributed by atoms with van der Waals surface area (Å²) in [4.78, 5) is 0.312. The van der Waals surface area contributed by atoms with Gasteiger partial charge in [0.2, 0.25) is 11.6 Å². The van der Waals surface area contributed by atoms with Crippen molar-refractivity contribution in [3.8, 4) is 5.75 Å². The molecule has 0 radical (unpaired) electrons. The first-order valence-corrected chi connectivity index (χ1v) is 6.33. The molecule has 0 aliphatic heterocycles. The normalized spacial score (nSPS) is 11.5. The molecule has 0 heterocycles. The van der Waals surface area contributed by atoms with Gasteiger partial charge in [-0.15, -0.1) is 0 Å². The van der Waals surface area contributed by atoms with Crippen molar-refractivity contribution in [2.24, 2.45) is 11.1 Å². The quantitative estimate of drug-likeness (QED) is 0.376. The molecule has 1 aromatic carbocycles. The highest BCUT2D eigenvalue weighted by Gasteiger charge is 2.22. The third-order valence-corrected chi connectivity index (χ3v) is 3.48. The van der Waals surface area contributed by atoms with Gasteiger partial charge >= 0.3 is 0 Å². The van der Waals surface area contributed by atoms with E-state index in [1.165, 1.54) is 0 Å². The third-order valence-electron chi connectivity index (χ3n) is 2.93. The molecule has 0 saturated carbocycles. The molecule has 0 bridgehead atoms. The van der Waals surface area contributed by atoms with Crippen molar-refractivity contribution in [3.63, 3.8) is 0 Å². The second kappa shape index (κ2) is 6.39. The van der Waals surface area contributed by atoms with Crippen LogP contribution in [0.5, 0.6) is 5.75 Å². The molecule has 112 valence electrons. The van der Waals surface area contributed by atoms with Crippen molar-refractivity contribution in [2.45, 2.75) is 26.7 Å². The van der Waals surface area contributed by atoms with Gasteiger partial charge in [-0.3, -0.25) is 0 Å². The third kappa shape index (κ3) is 3.82. The van der Waals surface area contributed by atoms with Gasteiger partial charge in [-0.25, -0.2) is 8.78 Å². The van der Waals surface area contributed by atoms with E-state index < -0.39 is 34.4 Å². The molecular formula is C13H15F4NOS. The second-order valence-corrected chi connectivity index (χ2v) is 5.44. The summed E-state index contributed by atoms with van der Waals surface area (Å²) < 4.78 is 57.2. The van der Waals surface area contributed by atoms with E-state index in [0.29, 0.717) is 17.8 Å². The fourth-order valence-electron chi connectivity index (χ4n) is 1.49. The molecule has 0 fully saturated rings. The molecule has 7 heteroatoms. The Morgan fingerprint density at radius 2 is 1.70 bits per heavy atom. The molecule has 0 atom stereocenters. The number of rotatable bonds is 6. The van der Waals surface area contributed by atoms with E-state index in [1.807, 2.05) is 13.8 Å². The van der Waals surface area contributed by atoms with E-state index in [2.05, 4.69) is 0 Å². The maximum Gasteiger partial charge on any atom is 0.203 e. The molecular weight excluding hydrogens is 294 g/mol. The van der Waals surface area contributed by atoms with Crippen LogP contribution in [-0.4, -0.2) is 11.6 Å². The Morgan fingerprint density at radius 3 is 2.15 bits per heavy atom. The van der Waals surface area contributed by atoms with Crippen LogP contribution in [0.1, 0.15) is 26.7 Å². The minimum Gasteiger partial charge on any atom is -0.487 e. The van der Waals surface area contributed by atoms with Gasteiger partial charge in [-0.2, -0.15) is 8.78 Å². The van der Waals surface area contributed by atoms with E-state index in [9.17, 15) is 17.6 Å². The number of benzene rings is 1. The molecule has 0 spiro atoms. The summed E-state index contributed by atoms with van der Waals surface area (Å²) in [6, 6.07) is 0.132. The number of halogens is 4. The summed E-state index contributed by atoms with van der Waals surface area (Å²) in [5.41, 5.74) is 5.10. The molecule has 1 rings (SSSR count). The molecule has 0 aliphatic carbocycles. The van der Waals surface area contributed by atoms with E-state index in [0.717, 1.165) is 0 Å². The van der Waals surface area contributed by atoms with Crippen molar-refractivity contribution in [3.05, 3.63) is 29.3 Å². The SMILES string of the molecule is CC(C)(CCCOc1c(F)c(F)cc(F)c1F)C(N)=S. The Bertz CT molecular complexity index is 493. The van der Waals surface area contributed by atoms with Crippen molar-refractivity contribution in [1.29, 1.82) is 0 Å². The van der Waals surface area contributed by atoms with Crippen LogP contribution in [0.4, 0.5) is 17.6 Å². The summed E-state index contributed by atoms with van der Waals surface area (Å²) in [5.74, 6) is -7.13. The molecule has 0 aliphatic rings. The number of nitrogens with two attached hydrogens (primary N) is 1. The van der Waals surface area contributed by atoms with Crippen LogP contribution in [0.25, 0.3) is 0 Å². The lowest BCUT2D eigenvalue weighted by Gasteiger charge is -2.22. The van der Waals surface area contributed by atoms with Gasteiger partial charge in [-0.05, 0) is 12.8 Å². The molecule has 0 saturated heterocycles. The Balaban J connectivity index is 2.66. The summed E-state index contributed by atoms with van der Waals surface area (Å²) in [6.45, 7) is 3.53. The first-order chi connectivity index (χ1) is 9.16. The monoisotopic (exact) mass is 309 g/mol. The zero-order chi connectivity index (χ0) is 15.5. The average Bonchev–Trinajstić information content (AvgIpc) is 2.35. The number of ether oxygens (including phenoxy) is 1. The zero-order valence-corrected chi connectivity index (χ0v) is 11.9. The van der Waals surface area contributed by atoms with Crippen LogP contribution < -0.4 is 10.5 Å². The second-order valence-electron chi connectivity index (χ2n) is 5.00. The van der Waals surface area contributed by atoms with Crippen molar-refractivity contribution < 1.29 is 22.3 Å². The van der Waals surface area contributed by atoms with Crippen LogP contribution in [0.2, 0.25) is 0 Å². The fourth-order valence-corrected chi connectivity index (χ4v) is 1.59. The van der Waals surface area contributed by atoms with Crippen LogP contribution in [0, 0.1) is 28.7 Å². The van der Waals surface area contributed by atoms with E-state index in [4.69, 9.17) is 22.7 Å². The number of thiocarbonyl (C=S) groups is 1. The van der Waals surface area contributed by atoms with Crippen LogP contribution >= 0.6 is 12.2 Å². The minimum absolute atomic E-state index is 0.108. The van der Waals surface area contributed by atoms with Crippen molar-refractivity contribution >= 4 is 17.2 Å². The van der Waals surface area contributed by atoms with Crippen molar-refractivity contribution in [2.75, 3.05) is 6.61 Å². The zero-order valence-electron chi connectivity index (χ0n) is 11.1. The topological polar surface area (TPSA) is 35.2 Å². The van der Waals surface area contributed by atoms with Crippen LogP contribution in [0.3, 0.4) is 0 Å². The molecule has 1 aromatic rings. The minimum atomic E-state index is -1.54. The molecule has 2 nitrogen and oxygen atoms in total. The van der Waals surface area contributed by atoms with Gasteiger partial charge in [-0.1, -0.05) is 26.1 Å². The molecule has 0 amide bonds. The molecule has 20 heavy (non-hydrogen) atoms. The van der Waals surface area contributed by atoms with Gasteiger partial charge in [0.05, 0.1) is 11.6 Å². The van der Waals surface area contributed by atoms with E-state index in [1.54, 1.807) is 0 Å². The van der Waals surface area contributed by atoms with Crippen LogP contribution in [-0.2, 0) is 0 Å². The highest BCUT2D eigenvalue weighted by atomic mass is 32.1. The van der Waals surface area contributed by atoms with Gasteiger partial charge < -0.3 is 10.5 Å². The molecule has 0 aromatic heterocycles. The Morgan fingerprint density at radius 1 is 1.20 bits per heavy atom. The smallest absolute Gasteiger partial charge is 0.203 e. The Labute approximate surface area is 119 Å². The summed E-state index contributed by atoms with van der Waals surface area (Å²) in [6.07, 6.45) is 0.894. The largest absolute Gasteiger partial charge is 0.487 e. The lowest BCUT2D eigenvalue weighted by molar-refractivity contribution is 0.253. The highest BCUT2D eigenvalue weighted by Crippen LogP contribution is 2.27. The standard InChI is InChI=1S/C13H15F4NOS/c1-13(2,12(18)20)4-3-5-19-11-9(16)7(14)6-8(15)10(11)17/h6H,3-5H2,1-2H3,(H2,18,20). The summed E-state index contributed by atoms with van der Waals surface area (Å²) >= 11 is 4.87. The maximum atomic E-state index is 13.3. The summed E-state index contributed by atoms with van der Waals surface area (Å²) in [5, 5.41) is 0. The molecule has 2 N–H and O–H groups in total. The van der Waals surface area contributed by atoms with E-state index in [-0.39, 0.29) is 12.7 Å². The number of hydrogen-bond acceptors (Lipinski definition) is 2. The Kier molecular flexibility index (Phi) is 5.33. The van der Waals surface area contributed by atoms with Crippen molar-refractivity contribution in [1.82, 2.24) is 0 Å². The lowest BCUT2D eigenvalue weighted by atomic mass is 9.88. The fraction of sp³-hybridized carbons (Fsp3) is 0.462. The van der Waals surface area contributed by atoms with Gasteiger partial charge in [0.25, 0.3) is 0 Å². The Hall–Kier alpha value is -1.37. The lowest BCUT2D eigenvalue weighted by Crippen LogP contribution is -2.30. The average molecular weight is 309 g/mol. The number of hydrogen-bond donors (Lipinski definition) is 1. The molecule has 0 unspecified atom stereocenters. The predicted molar refractivity (Wildman–Crippen MR) is 71.6 cm³/mol. The predicted octanol–water partition coefficient (Wildman–Crippen LogP) is 3.71.